The lowest BCUT2D eigenvalue weighted by Crippen LogP contribution is -2.60. The van der Waals surface area contributed by atoms with Crippen LogP contribution in [0.25, 0.3) is 0 Å². The Bertz CT molecular complexity index is 1630. The van der Waals surface area contributed by atoms with Gasteiger partial charge in [-0.3, -0.25) is 4.99 Å². The van der Waals surface area contributed by atoms with Crippen molar-refractivity contribution in [3.8, 4) is 5.75 Å². The predicted octanol–water partition coefficient (Wildman–Crippen LogP) is 6.27. The van der Waals surface area contributed by atoms with Gasteiger partial charge in [-0.25, -0.2) is 14.4 Å². The van der Waals surface area contributed by atoms with Crippen LogP contribution in [0.5, 0.6) is 5.75 Å². The number of benzene rings is 4. The van der Waals surface area contributed by atoms with E-state index in [0.717, 1.165) is 5.56 Å². The van der Waals surface area contributed by atoms with Crippen molar-refractivity contribution in [3.63, 3.8) is 0 Å². The molecule has 0 aromatic heterocycles. The lowest BCUT2D eigenvalue weighted by Gasteiger charge is -2.43. The van der Waals surface area contributed by atoms with Crippen molar-refractivity contribution >= 4 is 35.9 Å². The molecule has 4 aromatic carbocycles. The molecule has 10 heteroatoms. The van der Waals surface area contributed by atoms with E-state index in [1.807, 2.05) is 31.2 Å². The molecule has 9 nitrogen and oxygen atoms in total. The number of carbonyl (C=O) groups excluding carboxylic acids is 3. The first kappa shape index (κ1) is 33.4. The third kappa shape index (κ3) is 8.87. The van der Waals surface area contributed by atoms with Gasteiger partial charge in [0.1, 0.15) is 29.9 Å². The summed E-state index contributed by atoms with van der Waals surface area (Å²) in [4.78, 5) is 44.9. The molecule has 5 atom stereocenters. The van der Waals surface area contributed by atoms with E-state index in [-0.39, 0.29) is 6.61 Å². The average Bonchev–Trinajstić information content (AvgIpc) is 3.12. The quantitative estimate of drug-likeness (QED) is 0.0993. The molecule has 0 aliphatic carbocycles. The highest BCUT2D eigenvalue weighted by Gasteiger charge is 2.51. The molecule has 0 saturated carbocycles. The van der Waals surface area contributed by atoms with Crippen molar-refractivity contribution < 1.29 is 38.1 Å². The topological polar surface area (TPSA) is 110 Å². The van der Waals surface area contributed by atoms with Crippen LogP contribution in [-0.4, -0.2) is 73.4 Å². The molecule has 0 radical (unpaired) electrons. The number of hydrogen-bond acceptors (Lipinski definition) is 10. The molecule has 242 valence electrons. The van der Waals surface area contributed by atoms with Crippen LogP contribution in [0.4, 0.5) is 0 Å². The Morgan fingerprint density at radius 3 is 1.74 bits per heavy atom. The van der Waals surface area contributed by atoms with Crippen molar-refractivity contribution in [3.05, 3.63) is 138 Å². The van der Waals surface area contributed by atoms with E-state index in [2.05, 4.69) is 0 Å². The lowest BCUT2D eigenvalue weighted by atomic mass is 9.97. The lowest BCUT2D eigenvalue weighted by molar-refractivity contribution is -0.169. The van der Waals surface area contributed by atoms with Gasteiger partial charge in [0, 0.05) is 6.21 Å². The number of hydrogen-bond donors (Lipinski definition) is 0. The third-order valence-electron chi connectivity index (χ3n) is 7.35. The molecule has 5 rings (SSSR count). The second-order valence-electron chi connectivity index (χ2n) is 10.5. The number of thioether (sulfide) groups is 1. The normalized spacial score (nSPS) is 20.7. The maximum atomic E-state index is 13.6. The minimum absolute atomic E-state index is 0.268. The number of carbonyl (C=O) groups is 3. The fourth-order valence-corrected chi connectivity index (χ4v) is 5.94. The van der Waals surface area contributed by atoms with Gasteiger partial charge in [-0.05, 0) is 72.0 Å². The van der Waals surface area contributed by atoms with Gasteiger partial charge in [0.15, 0.2) is 12.2 Å². The predicted molar refractivity (Wildman–Crippen MR) is 179 cm³/mol. The first-order valence-corrected chi connectivity index (χ1v) is 16.2. The van der Waals surface area contributed by atoms with Crippen LogP contribution in [0.2, 0.25) is 0 Å². The van der Waals surface area contributed by atoms with Gasteiger partial charge < -0.3 is 23.7 Å². The summed E-state index contributed by atoms with van der Waals surface area (Å²) in [6.45, 7) is 1.70. The Morgan fingerprint density at radius 1 is 0.723 bits per heavy atom. The van der Waals surface area contributed by atoms with Crippen molar-refractivity contribution in [1.82, 2.24) is 0 Å². The molecule has 1 fully saturated rings. The van der Waals surface area contributed by atoms with Crippen LogP contribution in [0.15, 0.2) is 120 Å². The standard InChI is InChI=1S/C37H35NO8S/c1-3-47-37-31(38-23-25-19-21-29(42-2)22-20-25)33(46-36(41)28-17-11-6-12-18-28)32(45-35(40)27-15-9-5-10-16-27)30(44-37)24-43-34(39)26-13-7-4-8-14-26/h4-23,30-33,37H,3,24H2,1-2H3/t30-,31-,32-,33-,37+/m1/s1. The summed E-state index contributed by atoms with van der Waals surface area (Å²) in [5, 5.41) is 0. The Labute approximate surface area is 277 Å². The molecule has 0 amide bonds. The summed E-state index contributed by atoms with van der Waals surface area (Å²) in [6, 6.07) is 32.0. The summed E-state index contributed by atoms with van der Waals surface area (Å²) in [6.07, 6.45) is -1.62. The minimum atomic E-state index is -1.19. The molecular formula is C37H35NO8S. The third-order valence-corrected chi connectivity index (χ3v) is 8.40. The van der Waals surface area contributed by atoms with Crippen molar-refractivity contribution in [2.24, 2.45) is 4.99 Å². The molecule has 47 heavy (non-hydrogen) atoms. The van der Waals surface area contributed by atoms with Gasteiger partial charge in [-0.15, -0.1) is 11.8 Å². The van der Waals surface area contributed by atoms with E-state index in [4.69, 9.17) is 28.7 Å². The first-order chi connectivity index (χ1) is 23.0. The summed E-state index contributed by atoms with van der Waals surface area (Å²) >= 11 is 1.45. The number of methoxy groups -OCH3 is 1. The minimum Gasteiger partial charge on any atom is -0.497 e. The molecule has 1 heterocycles. The monoisotopic (exact) mass is 653 g/mol. The zero-order valence-electron chi connectivity index (χ0n) is 26.0. The fraction of sp³-hybridized carbons (Fsp3) is 0.243. The molecule has 0 N–H and O–H groups in total. The summed E-state index contributed by atoms with van der Waals surface area (Å²) in [7, 11) is 1.59. The van der Waals surface area contributed by atoms with E-state index in [1.165, 1.54) is 11.8 Å². The van der Waals surface area contributed by atoms with Crippen LogP contribution in [-0.2, 0) is 18.9 Å². The highest BCUT2D eigenvalue weighted by molar-refractivity contribution is 7.99. The molecule has 1 saturated heterocycles. The van der Waals surface area contributed by atoms with Crippen LogP contribution in [0.3, 0.4) is 0 Å². The second-order valence-corrected chi connectivity index (χ2v) is 11.9. The largest absolute Gasteiger partial charge is 0.497 e. The Hall–Kier alpha value is -4.93. The number of aliphatic imine (C=N–C) groups is 1. The van der Waals surface area contributed by atoms with Crippen LogP contribution in [0, 0.1) is 0 Å². The van der Waals surface area contributed by atoms with E-state index >= 15 is 0 Å². The van der Waals surface area contributed by atoms with E-state index in [1.54, 1.807) is 104 Å². The summed E-state index contributed by atoms with van der Waals surface area (Å²) in [5.74, 6) is -0.511. The van der Waals surface area contributed by atoms with Gasteiger partial charge in [0.05, 0.1) is 23.8 Å². The average molecular weight is 654 g/mol. The molecular weight excluding hydrogens is 618 g/mol. The summed E-state index contributed by atoms with van der Waals surface area (Å²) in [5.41, 5.74) is 1.10. The van der Waals surface area contributed by atoms with Gasteiger partial charge in [0.2, 0.25) is 0 Å². The highest BCUT2D eigenvalue weighted by Crippen LogP contribution is 2.35. The molecule has 1 aliphatic rings. The van der Waals surface area contributed by atoms with Crippen molar-refractivity contribution in [2.45, 2.75) is 36.7 Å². The fourth-order valence-electron chi connectivity index (χ4n) is 4.97. The smallest absolute Gasteiger partial charge is 0.338 e. The van der Waals surface area contributed by atoms with Crippen LogP contribution in [0.1, 0.15) is 43.6 Å². The highest BCUT2D eigenvalue weighted by atomic mass is 32.2. The van der Waals surface area contributed by atoms with E-state index in [9.17, 15) is 14.4 Å². The zero-order chi connectivity index (χ0) is 33.0. The molecule has 0 bridgehead atoms. The van der Waals surface area contributed by atoms with Gasteiger partial charge in [0.25, 0.3) is 0 Å². The maximum absolute atomic E-state index is 13.6. The maximum Gasteiger partial charge on any atom is 0.338 e. The van der Waals surface area contributed by atoms with Crippen molar-refractivity contribution in [2.75, 3.05) is 19.5 Å². The van der Waals surface area contributed by atoms with Gasteiger partial charge in [-0.1, -0.05) is 61.5 Å². The van der Waals surface area contributed by atoms with E-state index < -0.39 is 47.7 Å². The second kappa shape index (κ2) is 16.6. The Balaban J connectivity index is 1.52. The van der Waals surface area contributed by atoms with Crippen LogP contribution < -0.4 is 4.74 Å². The van der Waals surface area contributed by atoms with Gasteiger partial charge >= 0.3 is 17.9 Å². The number of ether oxygens (including phenoxy) is 5. The molecule has 4 aromatic rings. The zero-order valence-corrected chi connectivity index (χ0v) is 26.8. The van der Waals surface area contributed by atoms with E-state index in [0.29, 0.717) is 28.2 Å². The summed E-state index contributed by atoms with van der Waals surface area (Å²) < 4.78 is 29.7. The van der Waals surface area contributed by atoms with Crippen molar-refractivity contribution in [1.29, 1.82) is 0 Å². The molecule has 0 unspecified atom stereocenters. The Kier molecular flexibility index (Phi) is 11.8. The number of esters is 3. The first-order valence-electron chi connectivity index (χ1n) is 15.2. The van der Waals surface area contributed by atoms with Gasteiger partial charge in [-0.2, -0.15) is 0 Å². The molecule has 0 spiro atoms. The van der Waals surface area contributed by atoms with Crippen LogP contribution >= 0.6 is 11.8 Å². The number of rotatable bonds is 12. The Morgan fingerprint density at radius 2 is 1.23 bits per heavy atom. The SMILES string of the molecule is CCS[C@@H]1O[C@H](COC(=O)c2ccccc2)[C@@H](OC(=O)c2ccccc2)[C@H](OC(=O)c2ccccc2)[C@H]1N=Cc1ccc(OC)cc1. The molecule has 1 aliphatic heterocycles. The number of nitrogens with zero attached hydrogens (tertiary/aromatic N) is 1.